The molecule has 0 saturated heterocycles. The van der Waals surface area contributed by atoms with E-state index in [9.17, 15) is 13.6 Å². The second-order valence-electron chi connectivity index (χ2n) is 3.47. The minimum atomic E-state index is -1.25. The van der Waals surface area contributed by atoms with E-state index < -0.39 is 17.6 Å². The molecule has 0 saturated carbocycles. The first kappa shape index (κ1) is 13.5. The largest absolute Gasteiger partial charge is 0.481 e. The van der Waals surface area contributed by atoms with Crippen LogP contribution in [0, 0.1) is 11.6 Å². The van der Waals surface area contributed by atoms with Gasteiger partial charge in [-0.2, -0.15) is 0 Å². The highest BCUT2D eigenvalue weighted by Gasteiger charge is 2.14. The number of hydrogen-bond donors (Lipinski definition) is 1. The molecule has 0 unspecified atom stereocenters. The summed E-state index contributed by atoms with van der Waals surface area (Å²) in [7, 11) is 0. The van der Waals surface area contributed by atoms with Gasteiger partial charge >= 0.3 is 5.97 Å². The van der Waals surface area contributed by atoms with Crippen LogP contribution in [0.15, 0.2) is 27.2 Å². The van der Waals surface area contributed by atoms with Crippen LogP contribution >= 0.6 is 15.9 Å². The SMILES string of the molecule is O=C(O)c1cc(COc2c(F)cc(F)cc2Br)on1. The van der Waals surface area contributed by atoms with Crippen LogP contribution in [-0.4, -0.2) is 16.2 Å². The molecule has 2 rings (SSSR count). The molecule has 8 heteroatoms. The van der Waals surface area contributed by atoms with Gasteiger partial charge in [0.2, 0.25) is 0 Å². The van der Waals surface area contributed by atoms with Crippen molar-refractivity contribution in [2.45, 2.75) is 6.61 Å². The zero-order valence-corrected chi connectivity index (χ0v) is 10.8. The lowest BCUT2D eigenvalue weighted by Gasteiger charge is -2.07. The summed E-state index contributed by atoms with van der Waals surface area (Å²) in [5, 5.41) is 11.9. The first-order valence-electron chi connectivity index (χ1n) is 4.93. The summed E-state index contributed by atoms with van der Waals surface area (Å²) in [4.78, 5) is 10.6. The van der Waals surface area contributed by atoms with Crippen LogP contribution in [0.25, 0.3) is 0 Å². The molecule has 0 radical (unpaired) electrons. The summed E-state index contributed by atoms with van der Waals surface area (Å²) in [5.74, 6) is -2.97. The summed E-state index contributed by atoms with van der Waals surface area (Å²) in [6.07, 6.45) is 0. The maximum Gasteiger partial charge on any atom is 0.358 e. The Balaban J connectivity index is 2.12. The quantitative estimate of drug-likeness (QED) is 0.931. The van der Waals surface area contributed by atoms with Gasteiger partial charge < -0.3 is 14.4 Å². The number of carbonyl (C=O) groups is 1. The molecular weight excluding hydrogens is 328 g/mol. The highest BCUT2D eigenvalue weighted by Crippen LogP contribution is 2.29. The summed E-state index contributed by atoms with van der Waals surface area (Å²) in [6.45, 7) is -0.235. The maximum atomic E-state index is 13.4. The summed E-state index contributed by atoms with van der Waals surface area (Å²) < 4.78 is 36.1. The highest BCUT2D eigenvalue weighted by atomic mass is 79.9. The van der Waals surface area contributed by atoms with Crippen LogP contribution in [0.3, 0.4) is 0 Å². The van der Waals surface area contributed by atoms with Gasteiger partial charge in [0.15, 0.2) is 23.0 Å². The van der Waals surface area contributed by atoms with E-state index in [2.05, 4.69) is 25.6 Å². The van der Waals surface area contributed by atoms with Gasteiger partial charge in [-0.15, -0.1) is 0 Å². The Morgan fingerprint density at radius 2 is 2.16 bits per heavy atom. The van der Waals surface area contributed by atoms with Crippen molar-refractivity contribution in [3.05, 3.63) is 45.8 Å². The smallest absolute Gasteiger partial charge is 0.358 e. The van der Waals surface area contributed by atoms with Crippen LogP contribution in [0.1, 0.15) is 16.2 Å². The molecule has 1 aromatic heterocycles. The Kier molecular flexibility index (Phi) is 3.79. The number of rotatable bonds is 4. The van der Waals surface area contributed by atoms with Gasteiger partial charge in [-0.25, -0.2) is 13.6 Å². The Bertz CT molecular complexity index is 606. The number of aromatic carboxylic acids is 1. The Morgan fingerprint density at radius 1 is 1.42 bits per heavy atom. The predicted molar refractivity (Wildman–Crippen MR) is 61.9 cm³/mol. The molecule has 1 heterocycles. The lowest BCUT2D eigenvalue weighted by Crippen LogP contribution is -1.98. The third-order valence-electron chi connectivity index (χ3n) is 2.10. The summed E-state index contributed by atoms with van der Waals surface area (Å²) in [6, 6.07) is 2.86. The number of hydrogen-bond acceptors (Lipinski definition) is 4. The molecule has 0 spiro atoms. The number of benzene rings is 1. The summed E-state index contributed by atoms with van der Waals surface area (Å²) >= 11 is 2.95. The molecule has 5 nitrogen and oxygen atoms in total. The Labute approximate surface area is 113 Å². The van der Waals surface area contributed by atoms with Crippen molar-refractivity contribution in [2.75, 3.05) is 0 Å². The van der Waals surface area contributed by atoms with E-state index in [4.69, 9.17) is 9.84 Å². The topological polar surface area (TPSA) is 72.6 Å². The monoisotopic (exact) mass is 333 g/mol. The van der Waals surface area contributed by atoms with Gasteiger partial charge in [0.1, 0.15) is 12.4 Å². The number of aromatic nitrogens is 1. The van der Waals surface area contributed by atoms with Gasteiger partial charge in [-0.05, 0) is 22.0 Å². The Morgan fingerprint density at radius 3 is 2.74 bits per heavy atom. The molecule has 0 aliphatic heterocycles. The summed E-state index contributed by atoms with van der Waals surface area (Å²) in [5.41, 5.74) is -0.280. The molecular formula is C11H6BrF2NO4. The predicted octanol–water partition coefficient (Wildman–Crippen LogP) is 2.99. The van der Waals surface area contributed by atoms with Crippen molar-refractivity contribution in [2.24, 2.45) is 0 Å². The average Bonchev–Trinajstić information content (AvgIpc) is 2.76. The first-order valence-corrected chi connectivity index (χ1v) is 5.73. The van der Waals surface area contributed by atoms with Crippen molar-refractivity contribution in [3.63, 3.8) is 0 Å². The zero-order chi connectivity index (χ0) is 14.0. The fourth-order valence-corrected chi connectivity index (χ4v) is 1.81. The third-order valence-corrected chi connectivity index (χ3v) is 2.69. The van der Waals surface area contributed by atoms with E-state index >= 15 is 0 Å². The number of nitrogens with zero attached hydrogens (tertiary/aromatic N) is 1. The third kappa shape index (κ3) is 3.08. The van der Waals surface area contributed by atoms with Gasteiger partial charge in [-0.3, -0.25) is 0 Å². The fraction of sp³-hybridized carbons (Fsp3) is 0.0909. The molecule has 2 aromatic rings. The minimum absolute atomic E-state index is 0.1000. The minimum Gasteiger partial charge on any atom is -0.481 e. The Hall–Kier alpha value is -1.96. The molecule has 1 N–H and O–H groups in total. The first-order chi connectivity index (χ1) is 8.97. The molecule has 0 bridgehead atoms. The molecule has 1 aromatic carbocycles. The number of halogens is 3. The number of carboxylic acids is 1. The van der Waals surface area contributed by atoms with Crippen LogP contribution in [0.4, 0.5) is 8.78 Å². The molecule has 0 fully saturated rings. The van der Waals surface area contributed by atoms with Crippen LogP contribution < -0.4 is 4.74 Å². The van der Waals surface area contributed by atoms with Gasteiger partial charge in [0.25, 0.3) is 0 Å². The number of ether oxygens (including phenoxy) is 1. The molecule has 0 aliphatic rings. The van der Waals surface area contributed by atoms with Crippen molar-refractivity contribution >= 4 is 21.9 Å². The number of carboxylic acid groups (broad SMARTS) is 1. The molecule has 100 valence electrons. The second kappa shape index (κ2) is 5.35. The lowest BCUT2D eigenvalue weighted by molar-refractivity contribution is 0.0685. The lowest BCUT2D eigenvalue weighted by atomic mass is 10.3. The fourth-order valence-electron chi connectivity index (χ4n) is 1.29. The van der Waals surface area contributed by atoms with E-state index in [1.165, 1.54) is 0 Å². The van der Waals surface area contributed by atoms with Crippen LogP contribution in [-0.2, 0) is 6.61 Å². The standard InChI is InChI=1S/C11H6BrF2NO4/c12-7-1-5(13)2-8(14)10(7)18-4-6-3-9(11(16)17)15-19-6/h1-3H,4H2,(H,16,17). The zero-order valence-electron chi connectivity index (χ0n) is 9.19. The second-order valence-corrected chi connectivity index (χ2v) is 4.33. The maximum absolute atomic E-state index is 13.4. The van der Waals surface area contributed by atoms with E-state index in [1.54, 1.807) is 0 Å². The van der Waals surface area contributed by atoms with E-state index in [0.717, 1.165) is 12.1 Å². The van der Waals surface area contributed by atoms with E-state index in [0.29, 0.717) is 6.07 Å². The molecule has 0 aliphatic carbocycles. The average molecular weight is 334 g/mol. The van der Waals surface area contributed by atoms with E-state index in [-0.39, 0.29) is 28.3 Å². The van der Waals surface area contributed by atoms with Crippen molar-refractivity contribution < 1.29 is 27.9 Å². The van der Waals surface area contributed by atoms with Crippen molar-refractivity contribution in [1.82, 2.24) is 5.16 Å². The molecule has 19 heavy (non-hydrogen) atoms. The normalized spacial score (nSPS) is 10.5. The van der Waals surface area contributed by atoms with E-state index in [1.807, 2.05) is 0 Å². The van der Waals surface area contributed by atoms with Crippen LogP contribution in [0.5, 0.6) is 5.75 Å². The molecule has 0 amide bonds. The molecule has 0 atom stereocenters. The highest BCUT2D eigenvalue weighted by molar-refractivity contribution is 9.10. The van der Waals surface area contributed by atoms with Gasteiger partial charge in [0, 0.05) is 12.1 Å². The van der Waals surface area contributed by atoms with Crippen molar-refractivity contribution in [3.8, 4) is 5.75 Å². The van der Waals surface area contributed by atoms with Crippen molar-refractivity contribution in [1.29, 1.82) is 0 Å². The van der Waals surface area contributed by atoms with Crippen LogP contribution in [0.2, 0.25) is 0 Å². The van der Waals surface area contributed by atoms with Gasteiger partial charge in [0.05, 0.1) is 4.47 Å². The van der Waals surface area contributed by atoms with Gasteiger partial charge in [-0.1, -0.05) is 5.16 Å².